The van der Waals surface area contributed by atoms with Gasteiger partial charge in [-0.2, -0.15) is 5.26 Å². The molecule has 3 aliphatic rings. The van der Waals surface area contributed by atoms with Crippen LogP contribution in [0.2, 0.25) is 0 Å². The molecular weight excluding hydrogens is 787 g/mol. The van der Waals surface area contributed by atoms with Crippen LogP contribution in [-0.4, -0.2) is 98.7 Å². The number of phenolic OH excluding ortho intramolecular Hbond substituents is 3. The van der Waals surface area contributed by atoms with Crippen LogP contribution in [0.15, 0.2) is 41.0 Å². The van der Waals surface area contributed by atoms with E-state index in [1.165, 1.54) is 53.2 Å². The molecular formula is C42H53N3O13S. The molecule has 0 fully saturated rings. The first kappa shape index (κ1) is 46.4. The van der Waals surface area contributed by atoms with E-state index in [1.807, 2.05) is 0 Å². The number of carbonyl (C=O) groups excluding carboxylic acids is 4. The minimum atomic E-state index is -2.08. The zero-order valence-corrected chi connectivity index (χ0v) is 35.3. The van der Waals surface area contributed by atoms with Gasteiger partial charge >= 0.3 is 11.8 Å². The number of esters is 1. The summed E-state index contributed by atoms with van der Waals surface area (Å²) in [5.41, 5.74) is -0.378. The average Bonchev–Trinajstić information content (AvgIpc) is 3.45. The third kappa shape index (κ3) is 9.62. The standard InChI is InChI=1S/C42H53N3O13S/c1-19-11-10-12-20(2)41(54)45-31-35(51)29-28(36(52)39(31)59-18-16-44-27(47)13-15-43)30-38(24(6)34(29)50)58-42(8,40(30)53)56-17-14-26(55-9)21(3)37(57-25(7)46)23(5)33(49)22(4)32(19)48/h10-12,14,17,19,21-23,26,32-33,37,48-52H,13,16,18H2,1-9H3,(H,44,47)(H,45,54)/b11-10+,17-14+,20-12-/t19-,21+,22+,23+,26-,32-,33+,37+,42-/m0/s1. The molecule has 5 bridgehead atoms. The maximum absolute atomic E-state index is 14.4. The van der Waals surface area contributed by atoms with Crippen LogP contribution in [-0.2, 0) is 28.6 Å². The molecule has 2 amide bonds. The number of benzene rings is 2. The molecule has 17 heteroatoms. The number of hydrogen-bond acceptors (Lipinski definition) is 15. The minimum Gasteiger partial charge on any atom is -0.507 e. The molecule has 2 aromatic rings. The van der Waals surface area contributed by atoms with E-state index in [2.05, 4.69) is 10.6 Å². The molecule has 0 unspecified atom stereocenters. The predicted molar refractivity (Wildman–Crippen MR) is 218 cm³/mol. The largest absolute Gasteiger partial charge is 0.507 e. The summed E-state index contributed by atoms with van der Waals surface area (Å²) in [7, 11) is 1.41. The second kappa shape index (κ2) is 19.2. The Bertz CT molecular complexity index is 2110. The second-order valence-corrected chi connectivity index (χ2v) is 16.2. The van der Waals surface area contributed by atoms with E-state index in [0.717, 1.165) is 11.8 Å². The highest BCUT2D eigenvalue weighted by molar-refractivity contribution is 7.99. The zero-order valence-electron chi connectivity index (χ0n) is 34.5. The third-order valence-electron chi connectivity index (χ3n) is 10.9. The number of ether oxygens (including phenoxy) is 4. The lowest BCUT2D eigenvalue weighted by molar-refractivity contribution is -0.160. The number of rotatable bonds is 7. The van der Waals surface area contributed by atoms with Gasteiger partial charge in [-0.25, -0.2) is 0 Å². The number of thioether (sulfide) groups is 1. The van der Waals surface area contributed by atoms with Crippen molar-refractivity contribution in [1.29, 1.82) is 5.26 Å². The molecule has 59 heavy (non-hydrogen) atoms. The summed E-state index contributed by atoms with van der Waals surface area (Å²) in [5, 5.41) is 71.4. The summed E-state index contributed by atoms with van der Waals surface area (Å²) in [5.74, 6) is -9.22. The number of methoxy groups -OCH3 is 1. The SMILES string of the molecule is CO[C@H]1/C=C/O[C@@]2(C)Oc3c(C)c(O)c4c(O)c(c(SCCNC(=O)CC#N)c(O)c4c3C2=O)NC(=O)/C(C)=C\C=C\[C@H](C)[C@H](O)[C@@H](C)[C@@H](O)[C@@H](C)[C@H](OC(C)=O)[C@@H]1C. The maximum atomic E-state index is 14.4. The summed E-state index contributed by atoms with van der Waals surface area (Å²) in [4.78, 5) is 52.1. The molecule has 3 heterocycles. The van der Waals surface area contributed by atoms with Crippen molar-refractivity contribution in [1.82, 2.24) is 5.32 Å². The number of aliphatic hydroxyl groups is 2. The lowest BCUT2D eigenvalue weighted by Gasteiger charge is -2.38. The Balaban J connectivity index is 1.93. The van der Waals surface area contributed by atoms with E-state index in [0.29, 0.717) is 0 Å². The Morgan fingerprint density at radius 3 is 2.31 bits per heavy atom. The molecule has 0 radical (unpaired) electrons. The zero-order chi connectivity index (χ0) is 44.1. The van der Waals surface area contributed by atoms with Gasteiger partial charge in [0.25, 0.3) is 11.7 Å². The summed E-state index contributed by atoms with van der Waals surface area (Å²) in [6, 6.07) is 1.75. The van der Waals surface area contributed by atoms with E-state index in [9.17, 15) is 44.7 Å². The Labute approximate surface area is 346 Å². The fraction of sp³-hybridized carbons (Fsp3) is 0.500. The lowest BCUT2D eigenvalue weighted by Crippen LogP contribution is -2.46. The second-order valence-electron chi connectivity index (χ2n) is 15.1. The van der Waals surface area contributed by atoms with Crippen molar-refractivity contribution in [3.63, 3.8) is 0 Å². The van der Waals surface area contributed by atoms with Crippen LogP contribution in [0.5, 0.6) is 23.0 Å². The summed E-state index contributed by atoms with van der Waals surface area (Å²) in [6.07, 6.45) is 2.92. The number of amides is 2. The number of carbonyl (C=O) groups is 4. The van der Waals surface area contributed by atoms with Gasteiger partial charge in [0.1, 0.15) is 35.5 Å². The molecule has 0 saturated heterocycles. The van der Waals surface area contributed by atoms with Gasteiger partial charge in [-0.15, -0.1) is 11.8 Å². The summed E-state index contributed by atoms with van der Waals surface area (Å²) >= 11 is 0.909. The molecule has 9 atom stereocenters. The fourth-order valence-corrected chi connectivity index (χ4v) is 8.25. The summed E-state index contributed by atoms with van der Waals surface area (Å²) in [6.45, 7) is 12.3. The number of fused-ring (bicyclic) bond motifs is 14. The Kier molecular flexibility index (Phi) is 15.1. The van der Waals surface area contributed by atoms with Gasteiger partial charge in [0.2, 0.25) is 5.91 Å². The van der Waals surface area contributed by atoms with Crippen LogP contribution < -0.4 is 15.4 Å². The average molecular weight is 840 g/mol. The number of nitrogens with zero attached hydrogens (tertiary/aromatic N) is 1. The first-order valence-electron chi connectivity index (χ1n) is 19.1. The molecule has 3 aliphatic heterocycles. The van der Waals surface area contributed by atoms with Gasteiger partial charge in [0, 0.05) is 73.4 Å². The van der Waals surface area contributed by atoms with Crippen molar-refractivity contribution < 1.29 is 63.7 Å². The smallest absolute Gasteiger partial charge is 0.312 e. The van der Waals surface area contributed by atoms with Gasteiger partial charge in [-0.05, 0) is 19.9 Å². The number of nitrogens with one attached hydrogen (secondary N) is 2. The van der Waals surface area contributed by atoms with Crippen LogP contribution in [0.25, 0.3) is 10.8 Å². The number of Topliss-reactive ketones (excluding diaryl/α,β-unsaturated/α-hetero) is 1. The normalized spacial score (nSPS) is 29.7. The molecule has 2 aromatic carbocycles. The molecule has 0 spiro atoms. The first-order valence-corrected chi connectivity index (χ1v) is 20.0. The highest BCUT2D eigenvalue weighted by Crippen LogP contribution is 2.57. The number of phenols is 3. The van der Waals surface area contributed by atoms with E-state index >= 15 is 0 Å². The van der Waals surface area contributed by atoms with Crippen LogP contribution in [0.3, 0.4) is 0 Å². The van der Waals surface area contributed by atoms with Crippen molar-refractivity contribution in [2.45, 2.75) is 96.9 Å². The number of allylic oxidation sites excluding steroid dienone is 2. The quantitative estimate of drug-likeness (QED) is 0.0645. The molecule has 5 rings (SSSR count). The van der Waals surface area contributed by atoms with Gasteiger partial charge in [0.05, 0.1) is 46.5 Å². The third-order valence-corrected chi connectivity index (χ3v) is 12.0. The predicted octanol–water partition coefficient (Wildman–Crippen LogP) is 4.88. The first-order chi connectivity index (χ1) is 27.7. The van der Waals surface area contributed by atoms with Crippen LogP contribution in [0.1, 0.15) is 70.8 Å². The summed E-state index contributed by atoms with van der Waals surface area (Å²) < 4.78 is 23.4. The highest BCUT2D eigenvalue weighted by atomic mass is 32.2. The Hall–Kier alpha value is -5.28. The monoisotopic (exact) mass is 839 g/mol. The molecule has 7 N–H and O–H groups in total. The van der Waals surface area contributed by atoms with Gasteiger partial charge in [-0.1, -0.05) is 45.9 Å². The number of hydrogen-bond donors (Lipinski definition) is 7. The molecule has 320 valence electrons. The molecule has 0 saturated carbocycles. The van der Waals surface area contributed by atoms with Gasteiger partial charge < -0.3 is 55.1 Å². The topological polar surface area (TPSA) is 254 Å². The van der Waals surface area contributed by atoms with Crippen LogP contribution >= 0.6 is 11.8 Å². The number of ketones is 1. The Morgan fingerprint density at radius 1 is 1.00 bits per heavy atom. The highest BCUT2D eigenvalue weighted by Gasteiger charge is 2.50. The number of aliphatic hydroxyl groups excluding tert-OH is 2. The number of aromatic hydroxyl groups is 3. The lowest BCUT2D eigenvalue weighted by atomic mass is 9.78. The van der Waals surface area contributed by atoms with Crippen molar-refractivity contribution in [2.75, 3.05) is 24.7 Å². The molecule has 16 nitrogen and oxygen atoms in total. The Morgan fingerprint density at radius 2 is 1.68 bits per heavy atom. The van der Waals surface area contributed by atoms with Gasteiger partial charge in [0.15, 0.2) is 5.75 Å². The van der Waals surface area contributed by atoms with E-state index in [1.54, 1.807) is 45.9 Å². The number of nitriles is 1. The van der Waals surface area contributed by atoms with Gasteiger partial charge in [-0.3, -0.25) is 19.2 Å². The minimum absolute atomic E-state index is 0.0133. The van der Waals surface area contributed by atoms with Crippen molar-refractivity contribution in [3.05, 3.63) is 47.3 Å². The number of anilines is 1. The van der Waals surface area contributed by atoms with Crippen LogP contribution in [0.4, 0.5) is 5.69 Å². The maximum Gasteiger partial charge on any atom is 0.312 e. The van der Waals surface area contributed by atoms with E-state index in [-0.39, 0.29) is 62.5 Å². The molecule has 0 aliphatic carbocycles. The fourth-order valence-electron chi connectivity index (χ4n) is 7.31. The van der Waals surface area contributed by atoms with Crippen LogP contribution in [0, 0.1) is 41.9 Å². The molecule has 0 aromatic heterocycles. The van der Waals surface area contributed by atoms with Crippen molar-refractivity contribution in [3.8, 4) is 29.1 Å². The van der Waals surface area contributed by atoms with E-state index < -0.39 is 94.7 Å². The van der Waals surface area contributed by atoms with E-state index in [4.69, 9.17) is 24.2 Å². The van der Waals surface area contributed by atoms with Crippen molar-refractivity contribution >= 4 is 51.8 Å². The van der Waals surface area contributed by atoms with Crippen molar-refractivity contribution in [2.24, 2.45) is 23.7 Å².